The number of rotatable bonds is 8. The maximum Gasteiger partial charge on any atom is 0.306 e. The molecule has 0 aromatic carbocycles. The summed E-state index contributed by atoms with van der Waals surface area (Å²) >= 11 is 0. The van der Waals surface area contributed by atoms with Gasteiger partial charge in [0.2, 0.25) is 5.91 Å². The Morgan fingerprint density at radius 2 is 2.03 bits per heavy atom. The van der Waals surface area contributed by atoms with Crippen molar-refractivity contribution in [2.24, 2.45) is 5.92 Å². The van der Waals surface area contributed by atoms with Crippen molar-refractivity contribution in [3.05, 3.63) is 24.2 Å². The number of carbonyl (C=O) groups excluding carboxylic acids is 2. The Balaban J connectivity index is 1.32. The van der Waals surface area contributed by atoms with Gasteiger partial charge in [0.05, 0.1) is 11.8 Å². The predicted molar refractivity (Wildman–Crippen MR) is 116 cm³/mol. The quantitative estimate of drug-likeness (QED) is 0.633. The summed E-state index contributed by atoms with van der Waals surface area (Å²) in [6.45, 7) is 2.27. The molecule has 1 aliphatic heterocycles. The molecule has 168 valence electrons. The maximum absolute atomic E-state index is 12.2. The SMILES string of the molecule is CCCC(=O)Nc1ncnn2c(C3CCC(COC(=O)CC4CCCCC4)O3)ccc12. The van der Waals surface area contributed by atoms with Gasteiger partial charge in [-0.2, -0.15) is 5.10 Å². The molecule has 8 heteroatoms. The van der Waals surface area contributed by atoms with Crippen LogP contribution in [0.5, 0.6) is 0 Å². The molecule has 2 fully saturated rings. The fraction of sp³-hybridized carbons (Fsp3) is 0.652. The molecular weight excluding hydrogens is 396 g/mol. The molecule has 2 aromatic heterocycles. The molecule has 4 rings (SSSR count). The summed E-state index contributed by atoms with van der Waals surface area (Å²) in [5, 5.41) is 7.21. The highest BCUT2D eigenvalue weighted by molar-refractivity contribution is 5.93. The molecule has 1 saturated carbocycles. The van der Waals surface area contributed by atoms with Crippen molar-refractivity contribution >= 4 is 23.2 Å². The van der Waals surface area contributed by atoms with Crippen molar-refractivity contribution in [2.75, 3.05) is 11.9 Å². The molecule has 2 atom stereocenters. The number of hydrogen-bond acceptors (Lipinski definition) is 6. The van der Waals surface area contributed by atoms with E-state index in [1.54, 1.807) is 4.52 Å². The molecule has 0 bridgehead atoms. The number of aromatic nitrogens is 3. The highest BCUT2D eigenvalue weighted by Crippen LogP contribution is 2.34. The standard InChI is InChI=1S/C23H32N4O4/c1-2-6-21(28)26-23-19-11-10-18(27(19)25-15-24-23)20-12-9-17(31-20)14-30-22(29)13-16-7-4-3-5-8-16/h10-11,15-17,20H,2-9,12-14H2,1H3,(H,24,25,26,28). The molecule has 2 unspecified atom stereocenters. The maximum atomic E-state index is 12.2. The van der Waals surface area contributed by atoms with E-state index < -0.39 is 0 Å². The highest BCUT2D eigenvalue weighted by Gasteiger charge is 2.30. The van der Waals surface area contributed by atoms with E-state index in [2.05, 4.69) is 15.4 Å². The largest absolute Gasteiger partial charge is 0.463 e. The number of hydrogen-bond donors (Lipinski definition) is 1. The first-order chi connectivity index (χ1) is 15.1. The fourth-order valence-electron chi connectivity index (χ4n) is 4.63. The van der Waals surface area contributed by atoms with Crippen LogP contribution in [0.1, 0.15) is 82.9 Å². The molecule has 1 N–H and O–H groups in total. The van der Waals surface area contributed by atoms with Crippen molar-refractivity contribution in [1.82, 2.24) is 14.6 Å². The van der Waals surface area contributed by atoms with Crippen molar-refractivity contribution in [1.29, 1.82) is 0 Å². The van der Waals surface area contributed by atoms with Gasteiger partial charge in [-0.25, -0.2) is 9.50 Å². The van der Waals surface area contributed by atoms with Gasteiger partial charge in [0.25, 0.3) is 0 Å². The van der Waals surface area contributed by atoms with Crippen LogP contribution >= 0.6 is 0 Å². The number of fused-ring (bicyclic) bond motifs is 1. The van der Waals surface area contributed by atoms with E-state index in [4.69, 9.17) is 9.47 Å². The molecule has 0 spiro atoms. The van der Waals surface area contributed by atoms with Gasteiger partial charge in [-0.1, -0.05) is 26.2 Å². The summed E-state index contributed by atoms with van der Waals surface area (Å²) in [5.74, 6) is 0.827. The summed E-state index contributed by atoms with van der Waals surface area (Å²) < 4.78 is 13.5. The smallest absolute Gasteiger partial charge is 0.306 e. The Morgan fingerprint density at radius 3 is 2.84 bits per heavy atom. The highest BCUT2D eigenvalue weighted by atomic mass is 16.6. The van der Waals surface area contributed by atoms with Crippen LogP contribution in [0.4, 0.5) is 5.82 Å². The van der Waals surface area contributed by atoms with Crippen LogP contribution in [0.25, 0.3) is 5.52 Å². The van der Waals surface area contributed by atoms with E-state index in [0.717, 1.165) is 43.3 Å². The van der Waals surface area contributed by atoms with Crippen molar-refractivity contribution in [3.8, 4) is 0 Å². The fourth-order valence-corrected chi connectivity index (χ4v) is 4.63. The number of esters is 1. The first kappa shape index (κ1) is 21.7. The minimum atomic E-state index is -0.126. The molecule has 31 heavy (non-hydrogen) atoms. The number of carbonyl (C=O) groups is 2. The van der Waals surface area contributed by atoms with Gasteiger partial charge in [0.15, 0.2) is 5.82 Å². The first-order valence-corrected chi connectivity index (χ1v) is 11.6. The second-order valence-electron chi connectivity index (χ2n) is 8.68. The zero-order valence-corrected chi connectivity index (χ0v) is 18.2. The molecular formula is C23H32N4O4. The predicted octanol–water partition coefficient (Wildman–Crippen LogP) is 4.20. The molecule has 1 saturated heterocycles. The summed E-state index contributed by atoms with van der Waals surface area (Å²) in [7, 11) is 0. The van der Waals surface area contributed by atoms with Crippen LogP contribution in [-0.2, 0) is 19.1 Å². The van der Waals surface area contributed by atoms with Gasteiger partial charge >= 0.3 is 5.97 Å². The van der Waals surface area contributed by atoms with Gasteiger partial charge in [-0.15, -0.1) is 0 Å². The minimum Gasteiger partial charge on any atom is -0.463 e. The van der Waals surface area contributed by atoms with Gasteiger partial charge in [0, 0.05) is 12.8 Å². The summed E-state index contributed by atoms with van der Waals surface area (Å²) in [6.07, 6.45) is 10.7. The molecule has 8 nitrogen and oxygen atoms in total. The summed E-state index contributed by atoms with van der Waals surface area (Å²) in [4.78, 5) is 28.4. The van der Waals surface area contributed by atoms with E-state index in [-0.39, 0.29) is 24.1 Å². The Kier molecular flexibility index (Phi) is 7.17. The van der Waals surface area contributed by atoms with E-state index in [9.17, 15) is 9.59 Å². The van der Waals surface area contributed by atoms with E-state index in [1.807, 2.05) is 19.1 Å². The topological polar surface area (TPSA) is 94.8 Å². The number of ether oxygens (including phenoxy) is 2. The van der Waals surface area contributed by atoms with Crippen LogP contribution in [0.2, 0.25) is 0 Å². The van der Waals surface area contributed by atoms with E-state index in [1.165, 1.54) is 25.6 Å². The minimum absolute atomic E-state index is 0.0573. The first-order valence-electron chi connectivity index (χ1n) is 11.6. The van der Waals surface area contributed by atoms with Crippen molar-refractivity contribution in [3.63, 3.8) is 0 Å². The van der Waals surface area contributed by atoms with Crippen LogP contribution in [0.3, 0.4) is 0 Å². The Bertz CT molecular complexity index is 906. The van der Waals surface area contributed by atoms with Crippen molar-refractivity contribution in [2.45, 2.75) is 83.3 Å². The zero-order chi connectivity index (χ0) is 21.6. The average molecular weight is 429 g/mol. The Morgan fingerprint density at radius 1 is 1.19 bits per heavy atom. The average Bonchev–Trinajstić information content (AvgIpc) is 3.40. The lowest BCUT2D eigenvalue weighted by Crippen LogP contribution is -2.21. The van der Waals surface area contributed by atoms with Gasteiger partial charge in [-0.05, 0) is 50.2 Å². The lowest BCUT2D eigenvalue weighted by atomic mass is 9.87. The molecule has 0 radical (unpaired) electrons. The molecule has 2 aromatic rings. The lowest BCUT2D eigenvalue weighted by Gasteiger charge is -2.21. The normalized spacial score (nSPS) is 22.0. The van der Waals surface area contributed by atoms with E-state index >= 15 is 0 Å². The second-order valence-corrected chi connectivity index (χ2v) is 8.68. The molecule has 1 aliphatic carbocycles. The molecule has 3 heterocycles. The number of anilines is 1. The Labute approximate surface area is 182 Å². The molecule has 1 amide bonds. The number of nitrogens with zero attached hydrogens (tertiary/aromatic N) is 3. The molecule has 2 aliphatic rings. The lowest BCUT2D eigenvalue weighted by molar-refractivity contribution is -0.149. The summed E-state index contributed by atoms with van der Waals surface area (Å²) in [5.41, 5.74) is 1.66. The zero-order valence-electron chi connectivity index (χ0n) is 18.2. The van der Waals surface area contributed by atoms with Gasteiger partial charge < -0.3 is 14.8 Å². The third kappa shape index (κ3) is 5.42. The third-order valence-electron chi connectivity index (χ3n) is 6.26. The number of amides is 1. The van der Waals surface area contributed by atoms with Crippen LogP contribution < -0.4 is 5.32 Å². The third-order valence-corrected chi connectivity index (χ3v) is 6.26. The second kappa shape index (κ2) is 10.2. The van der Waals surface area contributed by atoms with Gasteiger partial charge in [-0.3, -0.25) is 9.59 Å². The van der Waals surface area contributed by atoms with E-state index in [0.29, 0.717) is 31.2 Å². The monoisotopic (exact) mass is 428 g/mol. The van der Waals surface area contributed by atoms with Crippen LogP contribution in [0.15, 0.2) is 18.5 Å². The number of nitrogens with one attached hydrogen (secondary N) is 1. The van der Waals surface area contributed by atoms with Crippen LogP contribution in [0, 0.1) is 5.92 Å². The summed E-state index contributed by atoms with van der Waals surface area (Å²) in [6, 6.07) is 3.86. The van der Waals surface area contributed by atoms with Crippen molar-refractivity contribution < 1.29 is 19.1 Å². The Hall–Kier alpha value is -2.48. The van der Waals surface area contributed by atoms with Gasteiger partial charge in [0.1, 0.15) is 24.6 Å². The van der Waals surface area contributed by atoms with Crippen LogP contribution in [-0.4, -0.2) is 39.2 Å².